The average molecular weight is 286 g/mol. The van der Waals surface area contributed by atoms with Crippen LogP contribution in [0, 0.1) is 0 Å². The number of benzene rings is 3. The number of fused-ring (bicyclic) bond motifs is 1. The first kappa shape index (κ1) is 12.8. The van der Waals surface area contributed by atoms with Gasteiger partial charge in [-0.05, 0) is 22.4 Å². The molecular weight excluding hydrogens is 272 g/mol. The van der Waals surface area contributed by atoms with Gasteiger partial charge in [0.05, 0.1) is 6.42 Å². The van der Waals surface area contributed by atoms with Crippen molar-refractivity contribution in [1.29, 1.82) is 0 Å². The van der Waals surface area contributed by atoms with Crippen molar-refractivity contribution in [1.82, 2.24) is 10.2 Å². The number of hydrogen-bond donors (Lipinski definition) is 0. The van der Waals surface area contributed by atoms with Crippen molar-refractivity contribution in [3.63, 3.8) is 0 Å². The minimum Gasteiger partial charge on any atom is -0.420 e. The lowest BCUT2D eigenvalue weighted by molar-refractivity contribution is 0.518. The van der Waals surface area contributed by atoms with E-state index in [4.69, 9.17) is 4.42 Å². The molecule has 0 saturated heterocycles. The summed E-state index contributed by atoms with van der Waals surface area (Å²) in [5.41, 5.74) is 2.14. The molecule has 22 heavy (non-hydrogen) atoms. The smallest absolute Gasteiger partial charge is 0.248 e. The van der Waals surface area contributed by atoms with Crippen molar-refractivity contribution in [2.24, 2.45) is 0 Å². The molecular formula is C19H14N2O. The highest BCUT2D eigenvalue weighted by Gasteiger charge is 2.11. The zero-order valence-electron chi connectivity index (χ0n) is 11.9. The van der Waals surface area contributed by atoms with E-state index in [-0.39, 0.29) is 0 Å². The standard InChI is InChI=1S/C19H14N2O/c1-2-7-14(8-3-1)13-18-20-21-19(22-18)17-12-6-10-15-9-4-5-11-16(15)17/h1-12H,13H2. The third-order valence-corrected chi connectivity index (χ3v) is 3.69. The van der Waals surface area contributed by atoms with Gasteiger partial charge in [-0.3, -0.25) is 0 Å². The molecule has 1 aromatic heterocycles. The lowest BCUT2D eigenvalue weighted by atomic mass is 10.0. The van der Waals surface area contributed by atoms with E-state index in [1.165, 1.54) is 5.39 Å². The van der Waals surface area contributed by atoms with Crippen LogP contribution in [-0.4, -0.2) is 10.2 Å². The summed E-state index contributed by atoms with van der Waals surface area (Å²) in [6, 6.07) is 24.5. The van der Waals surface area contributed by atoms with E-state index in [1.807, 2.05) is 42.5 Å². The van der Waals surface area contributed by atoms with Crippen molar-refractivity contribution in [2.45, 2.75) is 6.42 Å². The van der Waals surface area contributed by atoms with E-state index in [2.05, 4.69) is 40.5 Å². The van der Waals surface area contributed by atoms with E-state index in [0.717, 1.165) is 16.5 Å². The van der Waals surface area contributed by atoms with Gasteiger partial charge in [0.1, 0.15) is 0 Å². The third-order valence-electron chi connectivity index (χ3n) is 3.69. The monoisotopic (exact) mass is 286 g/mol. The lowest BCUT2D eigenvalue weighted by Crippen LogP contribution is -1.87. The molecule has 0 N–H and O–H groups in total. The van der Waals surface area contributed by atoms with E-state index in [9.17, 15) is 0 Å². The summed E-state index contributed by atoms with van der Waals surface area (Å²) < 4.78 is 5.86. The number of hydrogen-bond acceptors (Lipinski definition) is 3. The molecule has 106 valence electrons. The second kappa shape index (κ2) is 5.45. The highest BCUT2D eigenvalue weighted by Crippen LogP contribution is 2.27. The van der Waals surface area contributed by atoms with Gasteiger partial charge in [0.15, 0.2) is 0 Å². The molecule has 0 spiro atoms. The molecule has 0 amide bonds. The van der Waals surface area contributed by atoms with Crippen LogP contribution in [0.5, 0.6) is 0 Å². The Morgan fingerprint density at radius 2 is 1.50 bits per heavy atom. The highest BCUT2D eigenvalue weighted by atomic mass is 16.4. The van der Waals surface area contributed by atoms with Gasteiger partial charge in [-0.2, -0.15) is 0 Å². The summed E-state index contributed by atoms with van der Waals surface area (Å²) in [4.78, 5) is 0. The molecule has 3 aromatic carbocycles. The number of rotatable bonds is 3. The Bertz CT molecular complexity index is 908. The molecule has 0 bridgehead atoms. The molecule has 1 heterocycles. The first-order chi connectivity index (χ1) is 10.9. The molecule has 0 fully saturated rings. The van der Waals surface area contributed by atoms with Crippen LogP contribution in [0.15, 0.2) is 77.2 Å². The minimum absolute atomic E-state index is 0.572. The van der Waals surface area contributed by atoms with Crippen molar-refractivity contribution in [3.05, 3.63) is 84.3 Å². The molecule has 0 atom stereocenters. The van der Waals surface area contributed by atoms with Gasteiger partial charge in [0.2, 0.25) is 11.8 Å². The maximum Gasteiger partial charge on any atom is 0.248 e. The van der Waals surface area contributed by atoms with Crippen LogP contribution in [0.4, 0.5) is 0 Å². The first-order valence-electron chi connectivity index (χ1n) is 7.24. The maximum atomic E-state index is 5.86. The SMILES string of the molecule is c1ccc(Cc2nnc(-c3cccc4ccccc34)o2)cc1. The van der Waals surface area contributed by atoms with E-state index in [0.29, 0.717) is 18.2 Å². The summed E-state index contributed by atoms with van der Waals surface area (Å²) in [5.74, 6) is 1.21. The Hall–Kier alpha value is -2.94. The molecule has 4 aromatic rings. The Kier molecular flexibility index (Phi) is 3.16. The Morgan fingerprint density at radius 3 is 2.41 bits per heavy atom. The van der Waals surface area contributed by atoms with Crippen LogP contribution < -0.4 is 0 Å². The second-order valence-corrected chi connectivity index (χ2v) is 5.19. The van der Waals surface area contributed by atoms with Gasteiger partial charge in [0.25, 0.3) is 0 Å². The fraction of sp³-hybridized carbons (Fsp3) is 0.0526. The second-order valence-electron chi connectivity index (χ2n) is 5.19. The van der Waals surface area contributed by atoms with Crippen molar-refractivity contribution >= 4 is 10.8 Å². The predicted molar refractivity (Wildman–Crippen MR) is 86.5 cm³/mol. The van der Waals surface area contributed by atoms with Crippen molar-refractivity contribution in [3.8, 4) is 11.5 Å². The molecule has 4 rings (SSSR count). The van der Waals surface area contributed by atoms with Gasteiger partial charge in [-0.15, -0.1) is 10.2 Å². The normalized spacial score (nSPS) is 10.9. The van der Waals surface area contributed by atoms with Gasteiger partial charge < -0.3 is 4.42 Å². The Morgan fingerprint density at radius 1 is 0.727 bits per heavy atom. The summed E-state index contributed by atoms with van der Waals surface area (Å²) >= 11 is 0. The Labute approximate surface area is 128 Å². The van der Waals surface area contributed by atoms with Crippen LogP contribution in [0.25, 0.3) is 22.2 Å². The maximum absolute atomic E-state index is 5.86. The molecule has 3 nitrogen and oxygen atoms in total. The van der Waals surface area contributed by atoms with E-state index >= 15 is 0 Å². The molecule has 0 aliphatic rings. The largest absolute Gasteiger partial charge is 0.420 e. The predicted octanol–water partition coefficient (Wildman–Crippen LogP) is 4.48. The van der Waals surface area contributed by atoms with Crippen molar-refractivity contribution in [2.75, 3.05) is 0 Å². The quantitative estimate of drug-likeness (QED) is 0.557. The zero-order valence-corrected chi connectivity index (χ0v) is 11.9. The topological polar surface area (TPSA) is 38.9 Å². The van der Waals surface area contributed by atoms with Crippen LogP contribution in [-0.2, 0) is 6.42 Å². The van der Waals surface area contributed by atoms with Crippen molar-refractivity contribution < 1.29 is 4.42 Å². The van der Waals surface area contributed by atoms with E-state index < -0.39 is 0 Å². The zero-order chi connectivity index (χ0) is 14.8. The van der Waals surface area contributed by atoms with Crippen LogP contribution in [0.3, 0.4) is 0 Å². The number of nitrogens with zero attached hydrogens (tertiary/aromatic N) is 2. The Balaban J connectivity index is 1.71. The van der Waals surface area contributed by atoms with Gasteiger partial charge in [0, 0.05) is 5.56 Å². The minimum atomic E-state index is 0.572. The first-order valence-corrected chi connectivity index (χ1v) is 7.24. The highest BCUT2D eigenvalue weighted by molar-refractivity contribution is 5.94. The lowest BCUT2D eigenvalue weighted by Gasteiger charge is -2.01. The molecule has 0 aliphatic carbocycles. The number of aromatic nitrogens is 2. The van der Waals surface area contributed by atoms with Crippen LogP contribution in [0.2, 0.25) is 0 Å². The molecule has 0 radical (unpaired) electrons. The summed E-state index contributed by atoms with van der Waals surface area (Å²) in [7, 11) is 0. The van der Waals surface area contributed by atoms with Gasteiger partial charge >= 0.3 is 0 Å². The molecule has 0 aliphatic heterocycles. The van der Waals surface area contributed by atoms with Crippen LogP contribution >= 0.6 is 0 Å². The molecule has 0 unspecified atom stereocenters. The summed E-state index contributed by atoms with van der Waals surface area (Å²) in [6.07, 6.45) is 0.651. The van der Waals surface area contributed by atoms with Gasteiger partial charge in [-0.25, -0.2) is 0 Å². The average Bonchev–Trinajstić information content (AvgIpc) is 3.03. The molecule has 0 saturated carbocycles. The third kappa shape index (κ3) is 2.37. The fourth-order valence-corrected chi connectivity index (χ4v) is 2.62. The molecule has 3 heteroatoms. The van der Waals surface area contributed by atoms with Gasteiger partial charge in [-0.1, -0.05) is 66.7 Å². The summed E-state index contributed by atoms with van der Waals surface area (Å²) in [5, 5.41) is 10.7. The summed E-state index contributed by atoms with van der Waals surface area (Å²) in [6.45, 7) is 0. The van der Waals surface area contributed by atoms with E-state index in [1.54, 1.807) is 0 Å². The fourth-order valence-electron chi connectivity index (χ4n) is 2.62. The van der Waals surface area contributed by atoms with Crippen LogP contribution in [0.1, 0.15) is 11.5 Å².